The van der Waals surface area contributed by atoms with Crippen molar-refractivity contribution in [2.45, 2.75) is 0 Å². The van der Waals surface area contributed by atoms with Gasteiger partial charge in [0.25, 0.3) is 0 Å². The number of H-pyrrole nitrogens is 3. The smallest absolute Gasteiger partial charge is 0.200 e. The Hall–Kier alpha value is -6.64. The lowest BCUT2D eigenvalue weighted by molar-refractivity contribution is 0.112. The molecule has 8 rings (SSSR count). The van der Waals surface area contributed by atoms with Gasteiger partial charge < -0.3 is 15.0 Å². The summed E-state index contributed by atoms with van der Waals surface area (Å²) in [7, 11) is 0. The van der Waals surface area contributed by atoms with E-state index in [0.717, 1.165) is 0 Å². The summed E-state index contributed by atoms with van der Waals surface area (Å²) in [5.41, 5.74) is -3.08. The van der Waals surface area contributed by atoms with Crippen molar-refractivity contribution in [1.82, 2.24) is 19.9 Å². The molecule has 0 atom stereocenters. The monoisotopic (exact) mass is 734 g/mol. The number of benzene rings is 3. The number of rotatable bonds is 4. The van der Waals surface area contributed by atoms with Crippen molar-refractivity contribution in [3.05, 3.63) is 136 Å². The number of carbonyl (C=O) groups excluding carboxylic acids is 1. The molecule has 0 amide bonds. The number of hydrogen-bond donors (Lipinski definition) is 3. The van der Waals surface area contributed by atoms with Gasteiger partial charge in [-0.3, -0.25) is 4.79 Å². The van der Waals surface area contributed by atoms with Gasteiger partial charge in [-0.25, -0.2) is 48.9 Å². The zero-order valence-corrected chi connectivity index (χ0v) is 26.1. The second kappa shape index (κ2) is 12.3. The van der Waals surface area contributed by atoms with Crippen LogP contribution >= 0.6 is 0 Å². The first-order valence-corrected chi connectivity index (χ1v) is 15.3. The molecule has 0 saturated carbocycles. The number of fused-ring (bicyclic) bond motifs is 9. The predicted octanol–water partition coefficient (Wildman–Crippen LogP) is 10.9. The van der Waals surface area contributed by atoms with E-state index in [-0.39, 0.29) is 55.6 Å². The Labute approximate surface area is 289 Å². The number of nitrogens with zero attached hydrogens (tertiary/aromatic N) is 1. The third kappa shape index (κ3) is 5.10. The second-order valence-corrected chi connectivity index (χ2v) is 11.8. The van der Waals surface area contributed by atoms with Crippen LogP contribution in [0.1, 0.15) is 21.7 Å². The number of hydrogen-bond acceptors (Lipinski definition) is 2. The minimum Gasteiger partial charge on any atom is -0.354 e. The molecule has 4 aromatic heterocycles. The summed E-state index contributed by atoms with van der Waals surface area (Å²) in [4.78, 5) is 24.5. The van der Waals surface area contributed by atoms with E-state index in [1.807, 2.05) is 0 Å². The summed E-state index contributed by atoms with van der Waals surface area (Å²) >= 11 is 0. The van der Waals surface area contributed by atoms with Crippen molar-refractivity contribution in [3.63, 3.8) is 0 Å². The average Bonchev–Trinajstić information content (AvgIpc) is 4.00. The molecular formula is C38H16F10N4O. The first kappa shape index (κ1) is 33.5. The fraction of sp³-hybridized carbons (Fsp3) is 0. The zero-order valence-electron chi connectivity index (χ0n) is 26.1. The van der Waals surface area contributed by atoms with E-state index in [2.05, 4.69) is 19.9 Å². The standard InChI is InChI=1S/C38H16F10N4O/c39-29-27(30(40)34(44)37(47)33(29)43)25-20-7-5-16(49-20)17-6-8-21(50-17)26(28-31(41)35(45)38(48)36(46)32(28)42)23-12-10-19(52-23)24(18-9-11-22(25)51-18)15-3-1-14(13-53)2-4-15/h1-13,49,51-52H. The largest absolute Gasteiger partial charge is 0.354 e. The quantitative estimate of drug-likeness (QED) is 0.0729. The molecule has 1 aliphatic heterocycles. The normalized spacial score (nSPS) is 12.0. The Morgan fingerprint density at radius 3 is 1.21 bits per heavy atom. The van der Waals surface area contributed by atoms with Gasteiger partial charge in [0.15, 0.2) is 46.5 Å². The Balaban J connectivity index is 1.60. The number of nitrogens with one attached hydrogen (secondary N) is 3. The maximum absolute atomic E-state index is 15.5. The number of carbonyl (C=O) groups is 1. The van der Waals surface area contributed by atoms with Crippen LogP contribution in [0.15, 0.2) is 60.7 Å². The van der Waals surface area contributed by atoms with E-state index < -0.39 is 80.4 Å². The average molecular weight is 735 g/mol. The Morgan fingerprint density at radius 2 is 0.736 bits per heavy atom. The van der Waals surface area contributed by atoms with Crippen LogP contribution in [0.4, 0.5) is 43.9 Å². The Bertz CT molecular complexity index is 2810. The highest BCUT2D eigenvalue weighted by Crippen LogP contribution is 2.40. The van der Waals surface area contributed by atoms with Crippen molar-refractivity contribution in [2.75, 3.05) is 0 Å². The second-order valence-electron chi connectivity index (χ2n) is 11.8. The lowest BCUT2D eigenvalue weighted by Gasteiger charge is -2.10. The number of aldehydes is 1. The van der Waals surface area contributed by atoms with Crippen LogP contribution in [0.2, 0.25) is 0 Å². The molecule has 0 saturated heterocycles. The van der Waals surface area contributed by atoms with Crippen LogP contribution in [-0.4, -0.2) is 26.2 Å². The molecule has 3 aromatic carbocycles. The van der Waals surface area contributed by atoms with E-state index in [4.69, 9.17) is 0 Å². The van der Waals surface area contributed by atoms with Gasteiger partial charge >= 0.3 is 0 Å². The van der Waals surface area contributed by atoms with Crippen molar-refractivity contribution >= 4 is 51.5 Å². The molecular weight excluding hydrogens is 718 g/mol. The molecule has 5 heterocycles. The van der Waals surface area contributed by atoms with E-state index in [0.29, 0.717) is 11.8 Å². The van der Waals surface area contributed by atoms with Gasteiger partial charge in [0.05, 0.1) is 28.0 Å². The fourth-order valence-electron chi connectivity index (χ4n) is 6.36. The molecule has 53 heavy (non-hydrogen) atoms. The molecule has 0 unspecified atom stereocenters. The van der Waals surface area contributed by atoms with Crippen LogP contribution in [0.25, 0.3) is 78.6 Å². The molecule has 264 valence electrons. The molecule has 3 N–H and O–H groups in total. The molecule has 0 fully saturated rings. The summed E-state index contributed by atoms with van der Waals surface area (Å²) in [6, 6.07) is 14.0. The zero-order chi connectivity index (χ0) is 37.5. The summed E-state index contributed by atoms with van der Waals surface area (Å²) in [5.74, 6) is -22.1. The van der Waals surface area contributed by atoms with Crippen LogP contribution in [0.3, 0.4) is 0 Å². The van der Waals surface area contributed by atoms with E-state index in [1.165, 1.54) is 72.8 Å². The Kier molecular flexibility index (Phi) is 7.74. The molecule has 8 bridgehead atoms. The van der Waals surface area contributed by atoms with E-state index in [9.17, 15) is 31.1 Å². The lowest BCUT2D eigenvalue weighted by Crippen LogP contribution is -2.05. The van der Waals surface area contributed by atoms with Crippen molar-refractivity contribution in [3.8, 4) is 33.4 Å². The van der Waals surface area contributed by atoms with Gasteiger partial charge in [0.2, 0.25) is 11.6 Å². The van der Waals surface area contributed by atoms with Crippen LogP contribution in [0.5, 0.6) is 0 Å². The molecule has 0 spiro atoms. The summed E-state index contributed by atoms with van der Waals surface area (Å²) in [6.07, 6.45) is 3.11. The van der Waals surface area contributed by atoms with Crippen molar-refractivity contribution in [1.29, 1.82) is 0 Å². The lowest BCUT2D eigenvalue weighted by atomic mass is 10.0. The van der Waals surface area contributed by atoms with Crippen LogP contribution < -0.4 is 0 Å². The number of aromatic amines is 3. The topological polar surface area (TPSA) is 77.3 Å². The highest BCUT2D eigenvalue weighted by atomic mass is 19.2. The predicted molar refractivity (Wildman–Crippen MR) is 176 cm³/mol. The third-order valence-electron chi connectivity index (χ3n) is 8.83. The van der Waals surface area contributed by atoms with Crippen LogP contribution in [-0.2, 0) is 0 Å². The molecule has 1 aliphatic rings. The summed E-state index contributed by atoms with van der Waals surface area (Å²) in [6.45, 7) is 0. The molecule has 0 aliphatic carbocycles. The molecule has 0 radical (unpaired) electrons. The van der Waals surface area contributed by atoms with E-state index >= 15 is 17.6 Å². The third-order valence-corrected chi connectivity index (χ3v) is 8.83. The first-order valence-electron chi connectivity index (χ1n) is 15.3. The maximum Gasteiger partial charge on any atom is 0.200 e. The maximum atomic E-state index is 15.5. The molecule has 15 heteroatoms. The van der Waals surface area contributed by atoms with Gasteiger partial charge in [0, 0.05) is 49.8 Å². The summed E-state index contributed by atoms with van der Waals surface area (Å²) < 4.78 is 149. The van der Waals surface area contributed by atoms with Gasteiger partial charge in [-0.2, -0.15) is 0 Å². The highest BCUT2D eigenvalue weighted by molar-refractivity contribution is 6.00. The number of aromatic nitrogens is 4. The van der Waals surface area contributed by atoms with E-state index in [1.54, 1.807) is 0 Å². The minimum absolute atomic E-state index is 0.000674. The van der Waals surface area contributed by atoms with Crippen LogP contribution in [0, 0.1) is 58.2 Å². The number of halogens is 10. The molecule has 7 aromatic rings. The SMILES string of the molecule is O=Cc1ccc(-c2c3ccc([nH]3)c(-c3c(F)c(F)c(F)c(F)c3F)c3nc(c4ccc([nH]4)c(-c4c(F)c(F)c(F)c(F)c4F)c4ccc2[nH]4)C=C3)cc1. The first-order chi connectivity index (χ1) is 25.4. The fourth-order valence-corrected chi connectivity index (χ4v) is 6.36. The van der Waals surface area contributed by atoms with Crippen molar-refractivity contribution < 1.29 is 48.7 Å². The highest BCUT2D eigenvalue weighted by Gasteiger charge is 2.31. The van der Waals surface area contributed by atoms with Gasteiger partial charge in [-0.1, -0.05) is 24.3 Å². The van der Waals surface area contributed by atoms with Gasteiger partial charge in [0.1, 0.15) is 6.29 Å². The molecule has 5 nitrogen and oxygen atoms in total. The minimum atomic E-state index is -2.37. The Morgan fingerprint density at radius 1 is 0.377 bits per heavy atom. The van der Waals surface area contributed by atoms with Gasteiger partial charge in [-0.05, 0) is 54.1 Å². The van der Waals surface area contributed by atoms with Crippen molar-refractivity contribution in [2.24, 2.45) is 0 Å². The van der Waals surface area contributed by atoms with Gasteiger partial charge in [-0.15, -0.1) is 0 Å². The summed E-state index contributed by atoms with van der Waals surface area (Å²) in [5, 5.41) is 0.